The van der Waals surface area contributed by atoms with Crippen LogP contribution in [0.3, 0.4) is 0 Å². The number of aromatic amines is 1. The fraction of sp³-hybridized carbons (Fsp3) is 0.400. The second-order valence-electron chi connectivity index (χ2n) is 22.2. The molecule has 0 radical (unpaired) electrons. The van der Waals surface area contributed by atoms with Gasteiger partial charge in [-0.05, 0) is 91.5 Å². The molecule has 1 aliphatic carbocycles. The number of anilines is 1. The van der Waals surface area contributed by atoms with Gasteiger partial charge in [0.1, 0.15) is 59.7 Å². The number of hydrogen-bond acceptors (Lipinski definition) is 15. The number of aromatic nitrogens is 8. The van der Waals surface area contributed by atoms with Crippen molar-refractivity contribution in [2.75, 3.05) is 44.9 Å². The molecule has 7 atom stereocenters. The van der Waals surface area contributed by atoms with E-state index in [0.717, 1.165) is 71.2 Å². The average molecular weight is 1100 g/mol. The smallest absolute Gasteiger partial charge is 0.319 e. The Balaban J connectivity index is 0.820. The molecule has 19 nitrogen and oxygen atoms in total. The quantitative estimate of drug-likeness (QED) is 0.0528. The first-order valence-corrected chi connectivity index (χ1v) is 27.7. The normalized spacial score (nSPS) is 19.9. The maximum absolute atomic E-state index is 16.1. The lowest BCUT2D eigenvalue weighted by Gasteiger charge is -2.30. The van der Waals surface area contributed by atoms with Crippen molar-refractivity contribution in [2.45, 2.75) is 108 Å². The van der Waals surface area contributed by atoms with E-state index in [0.29, 0.717) is 50.8 Å². The number of aliphatic hydroxyl groups excluding tert-OH is 2. The Bertz CT molecular complexity index is 3650. The molecule has 4 fully saturated rings. The number of H-pyrrole nitrogens is 1. The number of carbonyl (C=O) groups is 2. The van der Waals surface area contributed by atoms with E-state index in [1.807, 2.05) is 45.0 Å². The number of ether oxygens (including phenoxy) is 3. The number of likely N-dealkylation sites (tertiary alicyclic amines) is 1. The zero-order valence-electron chi connectivity index (χ0n) is 45.6. The molecule has 4 aromatic heterocycles. The van der Waals surface area contributed by atoms with E-state index < -0.39 is 48.5 Å². The number of hydrogen-bond donors (Lipinski definition) is 5. The zero-order chi connectivity index (χ0) is 56.2. The standard InChI is InChI=1S/C60H64F2N12O7/c1-31(2)55(59(78)73-26-41(76)20-50(73)58(77)66-49(28-75)37-14-16-38(17-15-37)53-45(61)7-6-18-63-53)74-27-48(70-71-74)36-10-8-34(9-11-36)30-80-56-52(51-33(4)46(62)22-47-44(51)24-65-69-47)42(35-12-13-35)21-43-54(56)67-60(81-29-32(3)79-5)68-57(43)72-25-39-19-40(72)23-64-39/h6-11,14-18,21-22,24,27,31-32,35,39-41,49-50,55,64,75-76H,12-13,19-20,23,25-26,28-30H2,1-5H3,(H,65,69)(H,66,77)/t32-,39-,40-,41+,49-,50-,55-/m0/s1. The molecule has 21 heteroatoms. The zero-order valence-corrected chi connectivity index (χ0v) is 45.6. The van der Waals surface area contributed by atoms with Crippen LogP contribution in [0.2, 0.25) is 0 Å². The molecule has 5 N–H and O–H groups in total. The molecule has 4 aliphatic rings. The van der Waals surface area contributed by atoms with Gasteiger partial charge in [-0.2, -0.15) is 15.1 Å². The number of halogens is 2. The van der Waals surface area contributed by atoms with Gasteiger partial charge in [-0.15, -0.1) is 5.10 Å². The minimum atomic E-state index is -1.04. The van der Waals surface area contributed by atoms with Gasteiger partial charge in [0.05, 0.1) is 42.8 Å². The largest absolute Gasteiger partial charge is 0.486 e. The minimum Gasteiger partial charge on any atom is -0.486 e. The summed E-state index contributed by atoms with van der Waals surface area (Å²) in [5.41, 5.74) is 7.36. The van der Waals surface area contributed by atoms with Crippen molar-refractivity contribution in [3.63, 3.8) is 0 Å². The van der Waals surface area contributed by atoms with Crippen molar-refractivity contribution < 1.29 is 42.8 Å². The summed E-state index contributed by atoms with van der Waals surface area (Å²) >= 11 is 0. The molecule has 0 spiro atoms. The van der Waals surface area contributed by atoms with Gasteiger partial charge in [-0.25, -0.2) is 13.5 Å². The summed E-state index contributed by atoms with van der Waals surface area (Å²) in [5.74, 6) is -0.653. The maximum atomic E-state index is 16.1. The average Bonchev–Trinajstić information content (AvgIpc) is 4.07. The Labute approximate surface area is 466 Å². The number of pyridine rings is 1. The molecule has 3 aliphatic heterocycles. The molecule has 7 heterocycles. The van der Waals surface area contributed by atoms with Crippen LogP contribution in [0, 0.1) is 24.5 Å². The molecule has 12 rings (SSSR count). The molecular weight excluding hydrogens is 1040 g/mol. The van der Waals surface area contributed by atoms with Gasteiger partial charge in [-0.1, -0.05) is 67.6 Å². The molecule has 81 heavy (non-hydrogen) atoms. The van der Waals surface area contributed by atoms with Crippen LogP contribution in [0.15, 0.2) is 91.4 Å². The Hall–Kier alpha value is -7.98. The van der Waals surface area contributed by atoms with Crippen molar-refractivity contribution in [1.82, 2.24) is 55.7 Å². The number of carbonyl (C=O) groups excluding carboxylic acids is 2. The van der Waals surface area contributed by atoms with Gasteiger partial charge >= 0.3 is 6.01 Å². The van der Waals surface area contributed by atoms with Crippen LogP contribution in [0.25, 0.3) is 55.4 Å². The van der Waals surface area contributed by atoms with E-state index in [1.165, 1.54) is 34.0 Å². The van der Waals surface area contributed by atoms with Crippen LogP contribution in [-0.2, 0) is 20.9 Å². The number of methoxy groups -OCH3 is 1. The molecule has 1 saturated carbocycles. The number of fused-ring (bicyclic) bond motifs is 4. The molecule has 420 valence electrons. The molecular formula is C60H64F2N12O7. The first-order valence-electron chi connectivity index (χ1n) is 27.7. The van der Waals surface area contributed by atoms with Gasteiger partial charge < -0.3 is 44.9 Å². The summed E-state index contributed by atoms with van der Waals surface area (Å²) in [6, 6.07) is 18.8. The topological polar surface area (TPSA) is 231 Å². The number of β-amino-alcohol motifs (C(OH)–C–C–N with tert-alkyl or cyclic N) is 1. The van der Waals surface area contributed by atoms with Crippen LogP contribution in [0.5, 0.6) is 11.8 Å². The number of aliphatic hydroxyl groups is 2. The minimum absolute atomic E-state index is 0.00490. The second-order valence-corrected chi connectivity index (χ2v) is 22.2. The maximum Gasteiger partial charge on any atom is 0.319 e. The van der Waals surface area contributed by atoms with Gasteiger partial charge in [0.15, 0.2) is 5.75 Å². The van der Waals surface area contributed by atoms with E-state index in [1.54, 1.807) is 50.7 Å². The van der Waals surface area contributed by atoms with E-state index >= 15 is 4.39 Å². The first-order chi connectivity index (χ1) is 39.2. The van der Waals surface area contributed by atoms with Crippen LogP contribution in [-0.4, -0.2) is 137 Å². The van der Waals surface area contributed by atoms with Crippen LogP contribution in [0.1, 0.15) is 86.7 Å². The van der Waals surface area contributed by atoms with Crippen molar-refractivity contribution in [3.05, 3.63) is 125 Å². The highest BCUT2D eigenvalue weighted by atomic mass is 19.1. The number of rotatable bonds is 19. The highest BCUT2D eigenvalue weighted by Crippen LogP contribution is 2.53. The van der Waals surface area contributed by atoms with Crippen LogP contribution >= 0.6 is 0 Å². The molecule has 2 amide bonds. The van der Waals surface area contributed by atoms with Crippen molar-refractivity contribution in [3.8, 4) is 45.4 Å². The second kappa shape index (κ2) is 22.2. The van der Waals surface area contributed by atoms with Gasteiger partial charge in [0.2, 0.25) is 11.8 Å². The van der Waals surface area contributed by atoms with E-state index in [9.17, 15) is 24.2 Å². The molecule has 2 bridgehead atoms. The third kappa shape index (κ3) is 10.4. The number of nitrogens with one attached hydrogen (secondary N) is 3. The highest BCUT2D eigenvalue weighted by Gasteiger charge is 2.44. The van der Waals surface area contributed by atoms with Crippen LogP contribution < -0.4 is 25.0 Å². The Morgan fingerprint density at radius 2 is 1.72 bits per heavy atom. The number of benzene rings is 4. The lowest BCUT2D eigenvalue weighted by molar-refractivity contribution is -0.142. The fourth-order valence-corrected chi connectivity index (χ4v) is 11.8. The SMILES string of the molecule is CO[C@@H](C)COc1nc(N2C[C@@H]3C[C@H]2CN3)c2cc(C3CC3)c(-c3c(C)c(F)cc4[nH]ncc34)c(OCc3ccc(-c4cn([C@H](C(=O)N5C[C@H](O)C[C@H]5C(=O)N[C@@H](CO)c5ccc(-c6ncccc6F)cc5)C(C)C)nn4)cc3)c2n1. The fourth-order valence-electron chi connectivity index (χ4n) is 11.8. The van der Waals surface area contributed by atoms with Gasteiger partial charge in [0, 0.05) is 84.5 Å². The summed E-state index contributed by atoms with van der Waals surface area (Å²) < 4.78 is 51.0. The predicted molar refractivity (Wildman–Crippen MR) is 298 cm³/mol. The van der Waals surface area contributed by atoms with Crippen LogP contribution in [0.4, 0.5) is 14.6 Å². The Morgan fingerprint density at radius 1 is 0.926 bits per heavy atom. The third-order valence-corrected chi connectivity index (χ3v) is 16.3. The molecule has 0 unspecified atom stereocenters. The number of amides is 2. The highest BCUT2D eigenvalue weighted by molar-refractivity contribution is 6.06. The Morgan fingerprint density at radius 3 is 2.42 bits per heavy atom. The van der Waals surface area contributed by atoms with Gasteiger partial charge in [-0.3, -0.25) is 19.7 Å². The molecule has 3 saturated heterocycles. The van der Waals surface area contributed by atoms with E-state index in [4.69, 9.17) is 24.2 Å². The summed E-state index contributed by atoms with van der Waals surface area (Å²) in [4.78, 5) is 46.7. The lowest BCUT2D eigenvalue weighted by Crippen LogP contribution is -2.50. The van der Waals surface area contributed by atoms with Crippen molar-refractivity contribution in [2.24, 2.45) is 5.92 Å². The molecule has 8 aromatic rings. The van der Waals surface area contributed by atoms with Gasteiger partial charge in [0.25, 0.3) is 0 Å². The van der Waals surface area contributed by atoms with Crippen molar-refractivity contribution >= 4 is 39.4 Å². The molecule has 4 aromatic carbocycles. The predicted octanol–water partition coefficient (Wildman–Crippen LogP) is 7.51. The summed E-state index contributed by atoms with van der Waals surface area (Å²) in [6.07, 6.45) is 6.66. The summed E-state index contributed by atoms with van der Waals surface area (Å²) in [5, 5.41) is 45.6. The van der Waals surface area contributed by atoms with Crippen molar-refractivity contribution in [1.29, 1.82) is 0 Å². The third-order valence-electron chi connectivity index (χ3n) is 16.3. The summed E-state index contributed by atoms with van der Waals surface area (Å²) in [7, 11) is 1.63. The first kappa shape index (κ1) is 53.7. The van der Waals surface area contributed by atoms with E-state index in [-0.39, 0.29) is 67.7 Å². The number of piperazine rings is 1. The summed E-state index contributed by atoms with van der Waals surface area (Å²) in [6.45, 7) is 8.87. The monoisotopic (exact) mass is 1100 g/mol. The van der Waals surface area contributed by atoms with E-state index in [2.05, 4.69) is 47.1 Å². The Kier molecular flexibility index (Phi) is 14.7. The number of nitrogens with zero attached hydrogens (tertiary/aromatic N) is 9. The lowest BCUT2D eigenvalue weighted by atomic mass is 9.88.